The van der Waals surface area contributed by atoms with E-state index in [9.17, 15) is 0 Å². The zero-order valence-corrected chi connectivity index (χ0v) is 8.54. The molecule has 0 unspecified atom stereocenters. The Morgan fingerprint density at radius 1 is 1.50 bits per heavy atom. The third-order valence-corrected chi connectivity index (χ3v) is 1.87. The van der Waals surface area contributed by atoms with Crippen LogP contribution in [0.2, 0.25) is 0 Å². The largest absolute Gasteiger partial charge is 0.497 e. The van der Waals surface area contributed by atoms with Crippen LogP contribution < -0.4 is 4.74 Å². The summed E-state index contributed by atoms with van der Waals surface area (Å²) in [7, 11) is 1.67. The molecule has 0 radical (unpaired) electrons. The third kappa shape index (κ3) is 2.70. The maximum atomic E-state index is 5.09. The Balaban J connectivity index is 2.79. The van der Waals surface area contributed by atoms with Crippen molar-refractivity contribution in [1.82, 2.24) is 0 Å². The molecule has 0 aliphatic carbocycles. The Kier molecular flexibility index (Phi) is 3.88. The smallest absolute Gasteiger partial charge is 0.119 e. The molecule has 1 aromatic rings. The summed E-state index contributed by atoms with van der Waals surface area (Å²) in [5, 5.41) is 0.879. The molecule has 0 amide bonds. The minimum absolute atomic E-state index is 0.879. The van der Waals surface area contributed by atoms with Gasteiger partial charge in [0.25, 0.3) is 0 Å². The average Bonchev–Trinajstić information content (AvgIpc) is 2.15. The van der Waals surface area contributed by atoms with E-state index in [0.29, 0.717) is 0 Å². The molecule has 0 heterocycles. The van der Waals surface area contributed by atoms with Gasteiger partial charge in [-0.05, 0) is 17.7 Å². The van der Waals surface area contributed by atoms with Gasteiger partial charge < -0.3 is 4.74 Å². The lowest BCUT2D eigenvalue weighted by Crippen LogP contribution is -1.82. The van der Waals surface area contributed by atoms with Crippen LogP contribution in [0.25, 0.3) is 6.08 Å². The minimum atomic E-state index is 0.879. The number of rotatable bonds is 3. The first-order valence-corrected chi connectivity index (χ1v) is 4.85. The van der Waals surface area contributed by atoms with Gasteiger partial charge in [0.1, 0.15) is 5.75 Å². The van der Waals surface area contributed by atoms with Crippen molar-refractivity contribution in [3.05, 3.63) is 35.9 Å². The number of allylic oxidation sites excluding steroid dienone is 1. The molecule has 0 bridgehead atoms. The van der Waals surface area contributed by atoms with Crippen molar-refractivity contribution in [2.45, 2.75) is 0 Å². The molecule has 0 fully saturated rings. The molecule has 0 aromatic heterocycles. The molecule has 0 atom stereocenters. The van der Waals surface area contributed by atoms with Crippen molar-refractivity contribution < 1.29 is 4.74 Å². The van der Waals surface area contributed by atoms with Gasteiger partial charge in [-0.1, -0.05) is 40.2 Å². The predicted molar refractivity (Wildman–Crippen MR) is 55.8 cm³/mol. The van der Waals surface area contributed by atoms with Gasteiger partial charge in [0.2, 0.25) is 0 Å². The number of halogens is 1. The van der Waals surface area contributed by atoms with Crippen molar-refractivity contribution in [1.29, 1.82) is 0 Å². The second-order valence-corrected chi connectivity index (χ2v) is 2.98. The molecule has 0 aliphatic heterocycles. The Bertz CT molecular complexity index is 268. The van der Waals surface area contributed by atoms with Crippen LogP contribution in [-0.4, -0.2) is 12.4 Å². The average molecular weight is 227 g/mol. The highest BCUT2D eigenvalue weighted by Crippen LogP contribution is 2.13. The summed E-state index contributed by atoms with van der Waals surface area (Å²) in [6.07, 6.45) is 4.10. The van der Waals surface area contributed by atoms with Gasteiger partial charge in [-0.3, -0.25) is 0 Å². The Hall–Kier alpha value is -0.760. The van der Waals surface area contributed by atoms with Gasteiger partial charge in [-0.2, -0.15) is 0 Å². The van der Waals surface area contributed by atoms with Crippen molar-refractivity contribution >= 4 is 22.0 Å². The molecule has 0 aliphatic rings. The van der Waals surface area contributed by atoms with Gasteiger partial charge in [0, 0.05) is 5.33 Å². The van der Waals surface area contributed by atoms with Gasteiger partial charge in [-0.15, -0.1) is 0 Å². The molecule has 0 saturated carbocycles. The zero-order valence-electron chi connectivity index (χ0n) is 6.96. The number of alkyl halides is 1. The van der Waals surface area contributed by atoms with Crippen LogP contribution in [0, 0.1) is 0 Å². The standard InChI is InChI=1S/C10H11BrO/c1-12-10-6-2-4-9(8-10)5-3-7-11/h2-6,8H,7H2,1H3. The van der Waals surface area contributed by atoms with Crippen LogP contribution in [0.3, 0.4) is 0 Å². The summed E-state index contributed by atoms with van der Waals surface area (Å²) in [6, 6.07) is 7.96. The first-order valence-electron chi connectivity index (χ1n) is 3.73. The van der Waals surface area contributed by atoms with Gasteiger partial charge in [0.15, 0.2) is 0 Å². The number of hydrogen-bond acceptors (Lipinski definition) is 1. The zero-order chi connectivity index (χ0) is 8.81. The van der Waals surface area contributed by atoms with E-state index in [2.05, 4.69) is 28.1 Å². The van der Waals surface area contributed by atoms with E-state index in [0.717, 1.165) is 16.6 Å². The highest BCUT2D eigenvalue weighted by atomic mass is 79.9. The summed E-state index contributed by atoms with van der Waals surface area (Å²) in [5.41, 5.74) is 1.16. The highest BCUT2D eigenvalue weighted by molar-refractivity contribution is 9.09. The minimum Gasteiger partial charge on any atom is -0.497 e. The van der Waals surface area contributed by atoms with E-state index in [4.69, 9.17) is 4.74 Å². The fourth-order valence-electron chi connectivity index (χ4n) is 0.926. The number of benzene rings is 1. The lowest BCUT2D eigenvalue weighted by atomic mass is 10.2. The molecule has 0 N–H and O–H groups in total. The van der Waals surface area contributed by atoms with E-state index in [-0.39, 0.29) is 0 Å². The monoisotopic (exact) mass is 226 g/mol. The summed E-state index contributed by atoms with van der Waals surface area (Å²) in [5.74, 6) is 0.895. The maximum absolute atomic E-state index is 5.09. The van der Waals surface area contributed by atoms with Crippen LogP contribution in [0.4, 0.5) is 0 Å². The van der Waals surface area contributed by atoms with Gasteiger partial charge >= 0.3 is 0 Å². The molecule has 0 spiro atoms. The Morgan fingerprint density at radius 2 is 2.33 bits per heavy atom. The molecule has 12 heavy (non-hydrogen) atoms. The molecule has 1 aromatic carbocycles. The molecule has 1 rings (SSSR count). The SMILES string of the molecule is COc1cccc(C=CCBr)c1. The predicted octanol–water partition coefficient (Wildman–Crippen LogP) is 3.10. The van der Waals surface area contributed by atoms with Crippen molar-refractivity contribution in [3.63, 3.8) is 0 Å². The van der Waals surface area contributed by atoms with Crippen LogP contribution in [0.15, 0.2) is 30.3 Å². The number of hydrogen-bond donors (Lipinski definition) is 0. The van der Waals surface area contributed by atoms with E-state index in [1.807, 2.05) is 24.3 Å². The quantitative estimate of drug-likeness (QED) is 0.721. The molecular formula is C10H11BrO. The van der Waals surface area contributed by atoms with Crippen LogP contribution in [0.1, 0.15) is 5.56 Å². The fraction of sp³-hybridized carbons (Fsp3) is 0.200. The van der Waals surface area contributed by atoms with Crippen LogP contribution in [-0.2, 0) is 0 Å². The fourth-order valence-corrected chi connectivity index (χ4v) is 1.11. The van der Waals surface area contributed by atoms with Crippen molar-refractivity contribution in [2.24, 2.45) is 0 Å². The van der Waals surface area contributed by atoms with Gasteiger partial charge in [-0.25, -0.2) is 0 Å². The third-order valence-electron chi connectivity index (χ3n) is 1.49. The van der Waals surface area contributed by atoms with E-state index >= 15 is 0 Å². The first-order chi connectivity index (χ1) is 5.86. The number of methoxy groups -OCH3 is 1. The maximum Gasteiger partial charge on any atom is 0.119 e. The van der Waals surface area contributed by atoms with Crippen LogP contribution in [0.5, 0.6) is 5.75 Å². The molecular weight excluding hydrogens is 216 g/mol. The first kappa shape index (κ1) is 9.33. The van der Waals surface area contributed by atoms with Crippen LogP contribution >= 0.6 is 15.9 Å². The van der Waals surface area contributed by atoms with E-state index in [1.54, 1.807) is 7.11 Å². The topological polar surface area (TPSA) is 9.23 Å². The lowest BCUT2D eigenvalue weighted by Gasteiger charge is -1.99. The second-order valence-electron chi connectivity index (χ2n) is 2.33. The molecule has 0 saturated heterocycles. The summed E-state index contributed by atoms with van der Waals surface area (Å²) < 4.78 is 5.09. The highest BCUT2D eigenvalue weighted by Gasteiger charge is 1.89. The van der Waals surface area contributed by atoms with Crippen molar-refractivity contribution in [3.8, 4) is 5.75 Å². The van der Waals surface area contributed by atoms with E-state index < -0.39 is 0 Å². The number of ether oxygens (including phenoxy) is 1. The van der Waals surface area contributed by atoms with E-state index in [1.165, 1.54) is 0 Å². The molecule has 64 valence electrons. The normalized spacial score (nSPS) is 10.5. The summed E-state index contributed by atoms with van der Waals surface area (Å²) in [6.45, 7) is 0. The molecule has 2 heteroatoms. The molecule has 1 nitrogen and oxygen atoms in total. The Morgan fingerprint density at radius 3 is 3.00 bits per heavy atom. The summed E-state index contributed by atoms with van der Waals surface area (Å²) in [4.78, 5) is 0. The summed E-state index contributed by atoms with van der Waals surface area (Å²) >= 11 is 3.32. The Labute approximate surface area is 81.2 Å². The second kappa shape index (κ2) is 4.99. The lowest BCUT2D eigenvalue weighted by molar-refractivity contribution is 0.414. The van der Waals surface area contributed by atoms with Gasteiger partial charge in [0.05, 0.1) is 7.11 Å². The van der Waals surface area contributed by atoms with Crippen molar-refractivity contribution in [2.75, 3.05) is 12.4 Å².